The number of esters is 1. The molecule has 34 heavy (non-hydrogen) atoms. The topological polar surface area (TPSA) is 61.8 Å². The quantitative estimate of drug-likeness (QED) is 0.402. The maximum atomic E-state index is 13.4. The number of ether oxygens (including phenoxy) is 3. The van der Waals surface area contributed by atoms with Crippen LogP contribution >= 0.6 is 0 Å². The van der Waals surface area contributed by atoms with Crippen molar-refractivity contribution < 1.29 is 23.8 Å². The molecule has 0 radical (unpaired) electrons. The zero-order chi connectivity index (χ0) is 24.0. The summed E-state index contributed by atoms with van der Waals surface area (Å²) in [6, 6.07) is 0. The third kappa shape index (κ3) is 2.92. The second-order valence-corrected chi connectivity index (χ2v) is 13.1. The van der Waals surface area contributed by atoms with Crippen LogP contribution in [0.4, 0.5) is 0 Å². The Kier molecular flexibility index (Phi) is 4.92. The van der Waals surface area contributed by atoms with Crippen molar-refractivity contribution in [3.63, 3.8) is 0 Å². The van der Waals surface area contributed by atoms with Crippen molar-refractivity contribution in [3.8, 4) is 0 Å². The van der Waals surface area contributed by atoms with E-state index in [0.717, 1.165) is 64.6 Å². The maximum absolute atomic E-state index is 13.4. The summed E-state index contributed by atoms with van der Waals surface area (Å²) in [5.41, 5.74) is 2.96. The van der Waals surface area contributed by atoms with Gasteiger partial charge in [-0.1, -0.05) is 44.1 Å². The molecule has 6 aliphatic rings. The zero-order valence-electron chi connectivity index (χ0n) is 21.3. The molecule has 0 N–H and O–H groups in total. The van der Waals surface area contributed by atoms with E-state index in [4.69, 9.17) is 14.2 Å². The van der Waals surface area contributed by atoms with Crippen molar-refractivity contribution in [1.82, 2.24) is 0 Å². The highest BCUT2D eigenvalue weighted by Crippen LogP contribution is 2.78. The van der Waals surface area contributed by atoms with Crippen LogP contribution in [-0.2, 0) is 23.8 Å². The molecule has 3 fully saturated rings. The molecule has 5 heteroatoms. The van der Waals surface area contributed by atoms with Crippen molar-refractivity contribution >= 4 is 11.8 Å². The summed E-state index contributed by atoms with van der Waals surface area (Å²) in [7, 11) is 0. The Labute approximate surface area is 203 Å². The van der Waals surface area contributed by atoms with Crippen LogP contribution in [0.25, 0.3) is 0 Å². The lowest BCUT2D eigenvalue weighted by molar-refractivity contribution is -0.303. The summed E-state index contributed by atoms with van der Waals surface area (Å²) < 4.78 is 17.9. The van der Waals surface area contributed by atoms with Crippen LogP contribution in [0.3, 0.4) is 0 Å². The van der Waals surface area contributed by atoms with Crippen LogP contribution in [0.2, 0.25) is 0 Å². The van der Waals surface area contributed by atoms with E-state index in [1.165, 1.54) is 13.3 Å². The van der Waals surface area contributed by atoms with E-state index in [-0.39, 0.29) is 34.6 Å². The molecule has 6 rings (SSSR count). The molecule has 1 heterocycles. The highest BCUT2D eigenvalue weighted by Gasteiger charge is 2.73. The summed E-state index contributed by atoms with van der Waals surface area (Å²) in [6.45, 7) is 9.64. The highest BCUT2D eigenvalue weighted by molar-refractivity contribution is 5.91. The molecule has 0 amide bonds. The molecule has 0 aromatic rings. The van der Waals surface area contributed by atoms with Gasteiger partial charge in [-0.25, -0.2) is 0 Å². The van der Waals surface area contributed by atoms with Gasteiger partial charge in [0.15, 0.2) is 18.2 Å². The second-order valence-electron chi connectivity index (χ2n) is 13.1. The van der Waals surface area contributed by atoms with E-state index in [1.54, 1.807) is 11.1 Å². The SMILES string of the molecule is CC(=O)OCC(=O)[C@@]12C=CC3(CC1)[C@@H]1CCC4=C(CCC5(C4)OCC(C)(C)CO5)[C@H]1CC[C@@]32C. The number of hydrogen-bond donors (Lipinski definition) is 0. The van der Waals surface area contributed by atoms with E-state index >= 15 is 0 Å². The average Bonchev–Trinajstić information content (AvgIpc) is 3.24. The molecule has 5 atom stereocenters. The summed E-state index contributed by atoms with van der Waals surface area (Å²) in [4.78, 5) is 24.8. The minimum atomic E-state index is -0.463. The molecule has 0 aromatic carbocycles. The molecule has 186 valence electrons. The zero-order valence-corrected chi connectivity index (χ0v) is 21.3. The Morgan fingerprint density at radius 1 is 1.00 bits per heavy atom. The first-order valence-electron chi connectivity index (χ1n) is 13.4. The van der Waals surface area contributed by atoms with E-state index in [9.17, 15) is 9.59 Å². The first kappa shape index (κ1) is 23.0. The van der Waals surface area contributed by atoms with Gasteiger partial charge < -0.3 is 14.2 Å². The molecule has 2 bridgehead atoms. The van der Waals surface area contributed by atoms with Crippen LogP contribution in [0.1, 0.15) is 85.5 Å². The van der Waals surface area contributed by atoms with Crippen molar-refractivity contribution in [1.29, 1.82) is 0 Å². The van der Waals surface area contributed by atoms with Crippen molar-refractivity contribution in [2.75, 3.05) is 19.8 Å². The van der Waals surface area contributed by atoms with E-state index in [2.05, 4.69) is 32.9 Å². The van der Waals surface area contributed by atoms with Crippen molar-refractivity contribution in [2.45, 2.75) is 91.3 Å². The summed E-state index contributed by atoms with van der Waals surface area (Å²) in [5.74, 6) is 0.552. The van der Waals surface area contributed by atoms with Crippen LogP contribution in [0.5, 0.6) is 0 Å². The van der Waals surface area contributed by atoms with Gasteiger partial charge in [0.2, 0.25) is 0 Å². The number of hydrogen-bond acceptors (Lipinski definition) is 5. The fourth-order valence-electron chi connectivity index (χ4n) is 9.13. The minimum Gasteiger partial charge on any atom is -0.458 e. The van der Waals surface area contributed by atoms with Crippen LogP contribution < -0.4 is 0 Å². The van der Waals surface area contributed by atoms with Gasteiger partial charge in [0, 0.05) is 25.2 Å². The molecule has 1 unspecified atom stereocenters. The molecule has 1 aliphatic heterocycles. The average molecular weight is 469 g/mol. The minimum absolute atomic E-state index is 0.0620. The lowest BCUT2D eigenvalue weighted by atomic mass is 9.45. The number of ketones is 1. The number of fused-ring (bicyclic) bond motifs is 2. The normalized spacial score (nSPS) is 43.3. The Balaban J connectivity index is 1.25. The third-order valence-corrected chi connectivity index (χ3v) is 11.0. The molecular formula is C29H40O5. The fourth-order valence-corrected chi connectivity index (χ4v) is 9.13. The van der Waals surface area contributed by atoms with Gasteiger partial charge in [-0.3, -0.25) is 9.59 Å². The van der Waals surface area contributed by atoms with Crippen molar-refractivity contribution in [2.24, 2.45) is 33.5 Å². The van der Waals surface area contributed by atoms with Crippen LogP contribution in [0.15, 0.2) is 23.3 Å². The van der Waals surface area contributed by atoms with Gasteiger partial charge in [-0.15, -0.1) is 0 Å². The molecular weight excluding hydrogens is 428 g/mol. The Morgan fingerprint density at radius 2 is 1.76 bits per heavy atom. The molecule has 1 spiro atoms. The number of allylic oxidation sites excluding steroid dienone is 3. The van der Waals surface area contributed by atoms with Gasteiger partial charge in [0.05, 0.1) is 18.6 Å². The summed E-state index contributed by atoms with van der Waals surface area (Å²) in [6.07, 6.45) is 14.2. The number of rotatable bonds is 3. The molecule has 5 aliphatic carbocycles. The van der Waals surface area contributed by atoms with Gasteiger partial charge in [-0.05, 0) is 67.6 Å². The first-order valence-corrected chi connectivity index (χ1v) is 13.4. The van der Waals surface area contributed by atoms with Crippen LogP contribution in [0, 0.1) is 33.5 Å². The first-order chi connectivity index (χ1) is 16.1. The number of Topliss-reactive ketones (excluding diaryl/α,β-unsaturated/α-hetero) is 1. The van der Waals surface area contributed by atoms with Crippen LogP contribution in [-0.4, -0.2) is 37.4 Å². The number of carbonyl (C=O) groups is 2. The molecule has 2 saturated carbocycles. The Bertz CT molecular complexity index is 980. The molecule has 0 aromatic heterocycles. The lowest BCUT2D eigenvalue weighted by Gasteiger charge is -2.58. The smallest absolute Gasteiger partial charge is 0.303 e. The molecule has 1 saturated heterocycles. The standard InChI is InChI=1S/C29H40O5/c1-19(30)32-16-24(31)28-13-11-27(12-14-28)23-6-5-20-15-29(33-17-25(2,3)18-34-29)10-8-21(20)22(23)7-9-26(27,28)4/h11,13,22-23H,5-10,12,14-18H2,1-4H3/t22-,23-,26+,27?,28-/m1/s1. The Morgan fingerprint density at radius 3 is 2.44 bits per heavy atom. The highest BCUT2D eigenvalue weighted by atomic mass is 16.7. The largest absolute Gasteiger partial charge is 0.458 e. The predicted molar refractivity (Wildman–Crippen MR) is 128 cm³/mol. The monoisotopic (exact) mass is 468 g/mol. The number of carbonyl (C=O) groups excluding carboxylic acids is 2. The van der Waals surface area contributed by atoms with Gasteiger partial charge in [0.25, 0.3) is 0 Å². The fraction of sp³-hybridized carbons (Fsp3) is 0.793. The van der Waals surface area contributed by atoms with Gasteiger partial charge >= 0.3 is 5.97 Å². The van der Waals surface area contributed by atoms with E-state index < -0.39 is 11.2 Å². The lowest BCUT2D eigenvalue weighted by Crippen LogP contribution is -2.54. The second kappa shape index (κ2) is 7.29. The van der Waals surface area contributed by atoms with Gasteiger partial charge in [-0.2, -0.15) is 0 Å². The maximum Gasteiger partial charge on any atom is 0.303 e. The van der Waals surface area contributed by atoms with Gasteiger partial charge in [0.1, 0.15) is 0 Å². The van der Waals surface area contributed by atoms with E-state index in [0.29, 0.717) is 11.8 Å². The third-order valence-electron chi connectivity index (χ3n) is 11.0. The van der Waals surface area contributed by atoms with E-state index in [1.807, 2.05) is 0 Å². The molecule has 5 nitrogen and oxygen atoms in total. The predicted octanol–water partition coefficient (Wildman–Crippen LogP) is 5.53. The summed E-state index contributed by atoms with van der Waals surface area (Å²) in [5, 5.41) is 0. The Hall–Kier alpha value is -1.46. The van der Waals surface area contributed by atoms with Crippen molar-refractivity contribution in [3.05, 3.63) is 23.3 Å². The summed E-state index contributed by atoms with van der Waals surface area (Å²) >= 11 is 0.